The molecule has 2 N–H and O–H groups in total. The summed E-state index contributed by atoms with van der Waals surface area (Å²) in [5.41, 5.74) is 2.41. The zero-order valence-electron chi connectivity index (χ0n) is 17.6. The molecular weight excluding hydrogens is 437 g/mol. The molecule has 30 heavy (non-hydrogen) atoms. The van der Waals surface area contributed by atoms with Gasteiger partial charge in [-0.05, 0) is 26.0 Å². The fraction of sp³-hybridized carbons (Fsp3) is 0.474. The summed E-state index contributed by atoms with van der Waals surface area (Å²) in [6.45, 7) is 5.87. The second-order valence-corrected chi connectivity index (χ2v) is 6.43. The summed E-state index contributed by atoms with van der Waals surface area (Å²) in [5.74, 6) is 0. The molecule has 0 spiro atoms. The molecule has 1 aromatic heterocycles. The van der Waals surface area contributed by atoms with Crippen molar-refractivity contribution >= 4 is 11.4 Å². The van der Waals surface area contributed by atoms with Gasteiger partial charge in [-0.2, -0.15) is 6.42 Å². The number of hydrogen-bond acceptors (Lipinski definition) is 9. The van der Waals surface area contributed by atoms with Gasteiger partial charge in [-0.25, -0.2) is 0 Å². The molecule has 173 valence electrons. The average Bonchev–Trinajstić information content (AvgIpc) is 2.79. The second-order valence-electron chi connectivity index (χ2n) is 6.00. The molecule has 1 heterocycles. The predicted octanol–water partition coefficient (Wildman–Crippen LogP) is 3.68. The van der Waals surface area contributed by atoms with Gasteiger partial charge in [-0.15, -0.1) is 0 Å². The average molecular weight is 466 g/mol. The molecule has 1 fully saturated rings. The van der Waals surface area contributed by atoms with Gasteiger partial charge in [0.05, 0.1) is 0 Å². The predicted molar refractivity (Wildman–Crippen MR) is 114 cm³/mol. The Labute approximate surface area is 185 Å². The Hall–Kier alpha value is -2.18. The van der Waals surface area contributed by atoms with E-state index in [4.69, 9.17) is 5.11 Å². The summed E-state index contributed by atoms with van der Waals surface area (Å²) in [6.07, 6.45) is 9.98. The zero-order chi connectivity index (χ0) is 23.4. The van der Waals surface area contributed by atoms with E-state index < -0.39 is 0 Å². The number of nitrogens with zero attached hydrogens (tertiary/aromatic N) is 4. The number of hydroxylamine groups is 2. The van der Waals surface area contributed by atoms with Crippen molar-refractivity contribution in [1.82, 2.24) is 10.5 Å². The molecule has 0 unspecified atom stereocenters. The van der Waals surface area contributed by atoms with E-state index in [1.54, 1.807) is 17.9 Å². The molecule has 1 atom stereocenters. The van der Waals surface area contributed by atoms with Gasteiger partial charge in [0.2, 0.25) is 0 Å². The van der Waals surface area contributed by atoms with Crippen LogP contribution in [0.25, 0.3) is 0 Å². The normalized spacial score (nSPS) is 16.9. The van der Waals surface area contributed by atoms with Crippen molar-refractivity contribution in [2.24, 2.45) is 10.3 Å². The van der Waals surface area contributed by atoms with Gasteiger partial charge in [-0.3, -0.25) is 4.98 Å². The quantitative estimate of drug-likeness (QED) is 0.389. The molecule has 0 aliphatic heterocycles. The van der Waals surface area contributed by atoms with E-state index in [0.717, 1.165) is 12.8 Å². The molecule has 1 saturated carbocycles. The van der Waals surface area contributed by atoms with Gasteiger partial charge in [0.15, 0.2) is 0 Å². The van der Waals surface area contributed by atoms with Crippen LogP contribution in [0.15, 0.2) is 52.3 Å². The zero-order valence-corrected chi connectivity index (χ0v) is 18.6. The molecule has 0 amide bonds. The molecule has 1 aromatic rings. The van der Waals surface area contributed by atoms with Crippen molar-refractivity contribution in [3.63, 3.8) is 0 Å². The van der Waals surface area contributed by atoms with Gasteiger partial charge in [0, 0.05) is 23.8 Å². The van der Waals surface area contributed by atoms with Crippen molar-refractivity contribution in [3.8, 4) is 0 Å². The number of aliphatic hydroxyl groups excluding tert-OH is 1. The first kappa shape index (κ1) is 30.0. The number of allylic oxidation sites excluding steroid dienone is 2. The molecule has 1 aliphatic carbocycles. The Morgan fingerprint density at radius 1 is 1.10 bits per heavy atom. The summed E-state index contributed by atoms with van der Waals surface area (Å²) in [6, 6.07) is 5.72. The van der Waals surface area contributed by atoms with Gasteiger partial charge in [-0.1, -0.05) is 31.4 Å². The van der Waals surface area contributed by atoms with Crippen LogP contribution in [0.3, 0.4) is 0 Å². The summed E-state index contributed by atoms with van der Waals surface area (Å²) in [4.78, 5) is 3.78. The first-order valence-corrected chi connectivity index (χ1v) is 9.55. The third kappa shape index (κ3) is 17.9. The molecule has 2 rings (SSSR count). The summed E-state index contributed by atoms with van der Waals surface area (Å²) >= 11 is 3.47. The summed E-state index contributed by atoms with van der Waals surface area (Å²) in [7, 11) is 0. The minimum absolute atomic E-state index is 0.0891. The molecule has 0 saturated heterocycles. The molecule has 0 aromatic carbocycles. The number of pyridine rings is 1. The van der Waals surface area contributed by atoms with Crippen molar-refractivity contribution in [2.75, 3.05) is 0 Å². The third-order valence-electron chi connectivity index (χ3n) is 3.70. The Balaban J connectivity index is 0. The minimum atomic E-state index is -0.0891. The van der Waals surface area contributed by atoms with Gasteiger partial charge < -0.3 is 32.3 Å². The minimum Gasteiger partial charge on any atom is -0.792 e. The van der Waals surface area contributed by atoms with Crippen LogP contribution in [0, 0.1) is 27.2 Å². The molecule has 11 heteroatoms. The SMILES string of the molecule is C/C(N[O-])=C(\C)[N+]([O-])=[Co].CC(=N\[O-])/C(C)=N/[O-].O[C@@H]1[CH-]CCCC1.c1ccncc1. The van der Waals surface area contributed by atoms with E-state index in [2.05, 4.69) is 30.8 Å². The maximum atomic E-state index is 10.3. The van der Waals surface area contributed by atoms with Gasteiger partial charge >= 0.3 is 60.4 Å². The second kappa shape index (κ2) is 20.1. The van der Waals surface area contributed by atoms with Crippen LogP contribution in [-0.2, 0) is 15.5 Å². The van der Waals surface area contributed by atoms with Crippen LogP contribution in [0.2, 0.25) is 0 Å². The van der Waals surface area contributed by atoms with Crippen LogP contribution < -0.4 is 5.48 Å². The first-order valence-electron chi connectivity index (χ1n) is 9.08. The molecule has 0 bridgehead atoms. The van der Waals surface area contributed by atoms with Crippen LogP contribution >= 0.6 is 0 Å². The smallest absolute Gasteiger partial charge is 0.0465 e. The van der Waals surface area contributed by atoms with E-state index in [1.807, 2.05) is 24.6 Å². The Morgan fingerprint density at radius 3 is 1.80 bits per heavy atom. The van der Waals surface area contributed by atoms with Crippen molar-refractivity contribution in [3.05, 3.63) is 69.2 Å². The van der Waals surface area contributed by atoms with Crippen LogP contribution in [0.1, 0.15) is 53.4 Å². The Kier molecular flexibility index (Phi) is 20.1. The van der Waals surface area contributed by atoms with E-state index in [0.29, 0.717) is 3.74 Å². The van der Waals surface area contributed by atoms with Crippen molar-refractivity contribution in [1.29, 1.82) is 0 Å². The van der Waals surface area contributed by atoms with E-state index in [9.17, 15) is 20.8 Å². The van der Waals surface area contributed by atoms with E-state index in [-0.39, 0.29) is 28.9 Å². The largest absolute Gasteiger partial charge is 0.792 e. The van der Waals surface area contributed by atoms with Crippen LogP contribution in [0.4, 0.5) is 0 Å². The molecule has 1 aliphatic rings. The van der Waals surface area contributed by atoms with Crippen molar-refractivity contribution in [2.45, 2.75) is 59.5 Å². The molecular formula is C19H29CoN5O5-4. The van der Waals surface area contributed by atoms with E-state index >= 15 is 0 Å². The van der Waals surface area contributed by atoms with Gasteiger partial charge in [0.1, 0.15) is 0 Å². The van der Waals surface area contributed by atoms with Gasteiger partial charge in [0.25, 0.3) is 0 Å². The van der Waals surface area contributed by atoms with Crippen LogP contribution in [-0.4, -0.2) is 31.4 Å². The summed E-state index contributed by atoms with van der Waals surface area (Å²) < 4.78 is 0.327. The number of rotatable bonds is 3. The topological polar surface area (TPSA) is 165 Å². The number of aromatic nitrogens is 1. The Bertz CT molecular complexity index is 620. The standard InChI is InChI=1S/C6H11O.C5H5N.C4H8N2O2.C4H7N2O2.Co/c7-6-4-2-1-3-5-6;1-2-4-6-5-3-1;2*1-3(5-7)4(2)6-8;/h4,6-7H,1-3,5H2;1-5H;7-8H,1-2H3;5H,1-2H3;/q-1;;;-1;/p-2/b;;5-3+,6-4+;4-3-;/t6-;;;;/m1..../s1. The maximum absolute atomic E-state index is 10.3. The monoisotopic (exact) mass is 466 g/mol. The third-order valence-corrected chi connectivity index (χ3v) is 4.05. The number of aliphatic hydroxyl groups is 1. The fourth-order valence-corrected chi connectivity index (χ4v) is 1.74. The first-order chi connectivity index (χ1) is 14.2. The summed E-state index contributed by atoms with van der Waals surface area (Å²) in [5, 5.41) is 53.2. The Morgan fingerprint density at radius 2 is 1.63 bits per heavy atom. The van der Waals surface area contributed by atoms with Crippen molar-refractivity contribution < 1.29 is 24.4 Å². The van der Waals surface area contributed by atoms with Crippen LogP contribution in [0.5, 0.6) is 0 Å². The van der Waals surface area contributed by atoms with E-state index in [1.165, 1.54) is 40.5 Å². The number of nitrogens with one attached hydrogen (secondary N) is 1. The fourth-order valence-electron chi connectivity index (χ4n) is 1.57. The maximum Gasteiger partial charge on any atom is 0.0465 e. The molecule has 0 radical (unpaired) electrons. The molecule has 10 nitrogen and oxygen atoms in total. The number of hydrogen-bond donors (Lipinski definition) is 2.